The number of ether oxygens (including phenoxy) is 3. The molecule has 26 heavy (non-hydrogen) atoms. The fourth-order valence-electron chi connectivity index (χ4n) is 2.20. The number of nitrogens with one attached hydrogen (secondary N) is 1. The minimum Gasteiger partial charge on any atom is -0.454 e. The molecule has 0 radical (unpaired) electrons. The highest BCUT2D eigenvalue weighted by atomic mass is 35.5. The van der Waals surface area contributed by atoms with E-state index in [2.05, 4.69) is 5.32 Å². The summed E-state index contributed by atoms with van der Waals surface area (Å²) in [5.74, 6) is -1.34. The van der Waals surface area contributed by atoms with Crippen molar-refractivity contribution in [1.29, 1.82) is 0 Å². The van der Waals surface area contributed by atoms with Crippen LogP contribution in [0.3, 0.4) is 0 Å². The summed E-state index contributed by atoms with van der Waals surface area (Å²) in [6.45, 7) is -0.749. The van der Waals surface area contributed by atoms with Crippen molar-refractivity contribution in [2.45, 2.75) is 0 Å². The number of halogens is 1. The van der Waals surface area contributed by atoms with Crippen LogP contribution in [0.15, 0.2) is 36.4 Å². The molecule has 0 spiro atoms. The molecule has 10 heteroatoms. The van der Waals surface area contributed by atoms with Crippen LogP contribution >= 0.6 is 11.6 Å². The maximum Gasteiger partial charge on any atom is 0.345 e. The zero-order chi connectivity index (χ0) is 18.7. The lowest BCUT2D eigenvalue weighted by atomic mass is 10.1. The number of amides is 1. The van der Waals surface area contributed by atoms with Crippen molar-refractivity contribution in [3.05, 3.63) is 57.1 Å². The smallest absolute Gasteiger partial charge is 0.345 e. The number of rotatable bonds is 5. The molecule has 2 aromatic carbocycles. The van der Waals surface area contributed by atoms with E-state index in [-0.39, 0.29) is 23.9 Å². The van der Waals surface area contributed by atoms with E-state index in [1.807, 2.05) is 0 Å². The van der Waals surface area contributed by atoms with Crippen LogP contribution in [0.25, 0.3) is 0 Å². The molecule has 1 heterocycles. The molecule has 0 atom stereocenters. The number of nitro benzene ring substituents is 1. The third kappa shape index (κ3) is 3.67. The van der Waals surface area contributed by atoms with Gasteiger partial charge in [0.1, 0.15) is 5.56 Å². The van der Waals surface area contributed by atoms with Gasteiger partial charge in [-0.3, -0.25) is 14.9 Å². The van der Waals surface area contributed by atoms with E-state index in [4.69, 9.17) is 25.8 Å². The number of carbonyl (C=O) groups is 2. The Morgan fingerprint density at radius 3 is 2.62 bits per heavy atom. The standard InChI is InChI=1S/C16H11ClN2O7/c17-10-3-1-2-4-11(10)18-15(20)7-24-16(21)9-5-13-14(26-8-25-13)6-12(9)19(22)23/h1-6H,7-8H2,(H,18,20). The Labute approximate surface area is 151 Å². The maximum absolute atomic E-state index is 12.2. The molecule has 0 saturated heterocycles. The van der Waals surface area contributed by atoms with Crippen LogP contribution in [0.5, 0.6) is 11.5 Å². The molecule has 1 aliphatic rings. The van der Waals surface area contributed by atoms with Gasteiger partial charge in [0.25, 0.3) is 11.6 Å². The first-order chi connectivity index (χ1) is 12.5. The Morgan fingerprint density at radius 2 is 1.92 bits per heavy atom. The molecular formula is C16H11ClN2O7. The number of anilines is 1. The number of para-hydroxylation sites is 1. The van der Waals surface area contributed by atoms with E-state index >= 15 is 0 Å². The maximum atomic E-state index is 12.2. The normalized spacial score (nSPS) is 11.7. The topological polar surface area (TPSA) is 117 Å². The van der Waals surface area contributed by atoms with Crippen molar-refractivity contribution in [2.75, 3.05) is 18.7 Å². The van der Waals surface area contributed by atoms with Crippen LogP contribution in [0, 0.1) is 10.1 Å². The summed E-state index contributed by atoms with van der Waals surface area (Å²) in [5.41, 5.74) is -0.500. The summed E-state index contributed by atoms with van der Waals surface area (Å²) < 4.78 is 15.0. The van der Waals surface area contributed by atoms with E-state index in [1.54, 1.807) is 24.3 Å². The number of hydrogen-bond donors (Lipinski definition) is 1. The van der Waals surface area contributed by atoms with Crippen molar-refractivity contribution in [3.63, 3.8) is 0 Å². The number of nitro groups is 1. The zero-order valence-electron chi connectivity index (χ0n) is 13.1. The Morgan fingerprint density at radius 1 is 1.23 bits per heavy atom. The lowest BCUT2D eigenvalue weighted by molar-refractivity contribution is -0.385. The van der Waals surface area contributed by atoms with Crippen LogP contribution in [0.4, 0.5) is 11.4 Å². The quantitative estimate of drug-likeness (QED) is 0.483. The Kier molecular flexibility index (Phi) is 4.90. The van der Waals surface area contributed by atoms with Crippen molar-refractivity contribution in [1.82, 2.24) is 0 Å². The second-order valence-electron chi connectivity index (χ2n) is 5.08. The number of benzene rings is 2. The molecule has 0 unspecified atom stereocenters. The monoisotopic (exact) mass is 378 g/mol. The molecule has 0 saturated carbocycles. The molecule has 0 bridgehead atoms. The molecule has 1 aliphatic heterocycles. The van der Waals surface area contributed by atoms with Gasteiger partial charge in [-0.1, -0.05) is 23.7 Å². The third-order valence-electron chi connectivity index (χ3n) is 3.39. The number of carbonyl (C=O) groups excluding carboxylic acids is 2. The first kappa shape index (κ1) is 17.5. The van der Waals surface area contributed by atoms with Gasteiger partial charge >= 0.3 is 5.97 Å². The number of esters is 1. The summed E-state index contributed by atoms with van der Waals surface area (Å²) in [7, 11) is 0. The fourth-order valence-corrected chi connectivity index (χ4v) is 2.39. The van der Waals surface area contributed by atoms with Crippen LogP contribution in [-0.4, -0.2) is 30.2 Å². The summed E-state index contributed by atoms with van der Waals surface area (Å²) in [5, 5.41) is 13.9. The predicted molar refractivity (Wildman–Crippen MR) is 89.6 cm³/mol. The number of fused-ring (bicyclic) bond motifs is 1. The van der Waals surface area contributed by atoms with Gasteiger partial charge in [-0.2, -0.15) is 0 Å². The van der Waals surface area contributed by atoms with E-state index in [1.165, 1.54) is 0 Å². The fraction of sp³-hybridized carbons (Fsp3) is 0.125. The van der Waals surface area contributed by atoms with Gasteiger partial charge in [0.2, 0.25) is 6.79 Å². The van der Waals surface area contributed by atoms with Crippen LogP contribution in [0.2, 0.25) is 5.02 Å². The van der Waals surface area contributed by atoms with Crippen molar-refractivity contribution < 1.29 is 28.7 Å². The molecule has 9 nitrogen and oxygen atoms in total. The molecular weight excluding hydrogens is 368 g/mol. The van der Waals surface area contributed by atoms with Gasteiger partial charge in [-0.25, -0.2) is 4.79 Å². The van der Waals surface area contributed by atoms with Crippen LogP contribution in [0.1, 0.15) is 10.4 Å². The van der Waals surface area contributed by atoms with Gasteiger partial charge in [0, 0.05) is 6.07 Å². The van der Waals surface area contributed by atoms with E-state index in [0.29, 0.717) is 10.7 Å². The van der Waals surface area contributed by atoms with Crippen LogP contribution in [-0.2, 0) is 9.53 Å². The zero-order valence-corrected chi connectivity index (χ0v) is 13.8. The highest BCUT2D eigenvalue weighted by Gasteiger charge is 2.28. The van der Waals surface area contributed by atoms with E-state index in [9.17, 15) is 19.7 Å². The Balaban J connectivity index is 1.69. The molecule has 0 aliphatic carbocycles. The molecule has 0 aromatic heterocycles. The second-order valence-corrected chi connectivity index (χ2v) is 5.49. The minimum atomic E-state index is -1.04. The Hall–Kier alpha value is -3.33. The molecule has 1 N–H and O–H groups in total. The molecule has 2 aromatic rings. The summed E-state index contributed by atoms with van der Waals surface area (Å²) >= 11 is 5.91. The average molecular weight is 379 g/mol. The summed E-state index contributed by atoms with van der Waals surface area (Å²) in [6.07, 6.45) is 0. The highest BCUT2D eigenvalue weighted by Crippen LogP contribution is 2.38. The van der Waals surface area contributed by atoms with Gasteiger partial charge in [0.05, 0.1) is 21.7 Å². The van der Waals surface area contributed by atoms with Crippen molar-refractivity contribution in [3.8, 4) is 11.5 Å². The van der Waals surface area contributed by atoms with Crippen LogP contribution < -0.4 is 14.8 Å². The van der Waals surface area contributed by atoms with Crippen molar-refractivity contribution >= 4 is 34.9 Å². The van der Waals surface area contributed by atoms with Gasteiger partial charge in [0.15, 0.2) is 18.1 Å². The predicted octanol–water partition coefficient (Wildman–Crippen LogP) is 2.77. The molecule has 3 rings (SSSR count). The SMILES string of the molecule is O=C(COC(=O)c1cc2c(cc1[N+](=O)[O-])OCO2)Nc1ccccc1Cl. The lowest BCUT2D eigenvalue weighted by Gasteiger charge is -2.08. The van der Waals surface area contributed by atoms with Gasteiger partial charge in [-0.05, 0) is 12.1 Å². The molecule has 1 amide bonds. The van der Waals surface area contributed by atoms with Gasteiger partial charge < -0.3 is 19.5 Å². The summed E-state index contributed by atoms with van der Waals surface area (Å²) in [6, 6.07) is 8.74. The molecule has 134 valence electrons. The third-order valence-corrected chi connectivity index (χ3v) is 3.72. The Bertz CT molecular complexity index is 900. The first-order valence-corrected chi connectivity index (χ1v) is 7.63. The van der Waals surface area contributed by atoms with Crippen molar-refractivity contribution in [2.24, 2.45) is 0 Å². The lowest BCUT2D eigenvalue weighted by Crippen LogP contribution is -2.21. The minimum absolute atomic E-state index is 0.106. The second kappa shape index (κ2) is 7.28. The first-order valence-electron chi connectivity index (χ1n) is 7.25. The van der Waals surface area contributed by atoms with Gasteiger partial charge in [-0.15, -0.1) is 0 Å². The van der Waals surface area contributed by atoms with E-state index < -0.39 is 29.1 Å². The van der Waals surface area contributed by atoms with E-state index in [0.717, 1.165) is 12.1 Å². The number of hydrogen-bond acceptors (Lipinski definition) is 7. The average Bonchev–Trinajstić information content (AvgIpc) is 3.08. The molecule has 0 fully saturated rings. The number of nitrogens with zero attached hydrogens (tertiary/aromatic N) is 1. The highest BCUT2D eigenvalue weighted by molar-refractivity contribution is 6.33. The summed E-state index contributed by atoms with van der Waals surface area (Å²) in [4.78, 5) is 34.4. The largest absolute Gasteiger partial charge is 0.454 e.